The van der Waals surface area contributed by atoms with Crippen molar-refractivity contribution in [2.75, 3.05) is 5.32 Å². The zero-order valence-electron chi connectivity index (χ0n) is 11.8. The SMILES string of the molecule is O=[N+]([O-])c1cccc(NCc2nnc(-c3ccc(F)cc3)o2)c1. The van der Waals surface area contributed by atoms with Crippen LogP contribution in [0.3, 0.4) is 0 Å². The van der Waals surface area contributed by atoms with E-state index in [1.54, 1.807) is 24.3 Å². The summed E-state index contributed by atoms with van der Waals surface area (Å²) in [5, 5.41) is 21.5. The van der Waals surface area contributed by atoms with Crippen LogP contribution in [0.25, 0.3) is 11.5 Å². The Hall–Kier alpha value is -3.29. The van der Waals surface area contributed by atoms with Gasteiger partial charge in [0.05, 0.1) is 11.5 Å². The molecule has 1 heterocycles. The molecule has 0 aliphatic rings. The molecule has 0 aliphatic heterocycles. The van der Waals surface area contributed by atoms with Gasteiger partial charge in [0.1, 0.15) is 5.82 Å². The van der Waals surface area contributed by atoms with Crippen molar-refractivity contribution in [2.24, 2.45) is 0 Å². The lowest BCUT2D eigenvalue weighted by Crippen LogP contribution is -2.00. The molecule has 116 valence electrons. The fraction of sp³-hybridized carbons (Fsp3) is 0.0667. The predicted octanol–water partition coefficient (Wildman–Crippen LogP) is 3.40. The minimum absolute atomic E-state index is 0.00692. The maximum Gasteiger partial charge on any atom is 0.271 e. The summed E-state index contributed by atoms with van der Waals surface area (Å²) in [4.78, 5) is 10.3. The van der Waals surface area contributed by atoms with Crippen LogP contribution < -0.4 is 5.32 Å². The van der Waals surface area contributed by atoms with Gasteiger partial charge in [-0.3, -0.25) is 10.1 Å². The Kier molecular flexibility index (Phi) is 3.96. The van der Waals surface area contributed by atoms with Gasteiger partial charge >= 0.3 is 0 Å². The first-order valence-corrected chi connectivity index (χ1v) is 6.68. The van der Waals surface area contributed by atoms with E-state index in [0.29, 0.717) is 17.1 Å². The molecule has 0 atom stereocenters. The van der Waals surface area contributed by atoms with E-state index in [4.69, 9.17) is 4.42 Å². The molecule has 0 fully saturated rings. The van der Waals surface area contributed by atoms with Gasteiger partial charge in [-0.05, 0) is 30.3 Å². The molecule has 1 N–H and O–H groups in total. The lowest BCUT2D eigenvalue weighted by Gasteiger charge is -2.02. The molecule has 0 aliphatic carbocycles. The van der Waals surface area contributed by atoms with Crippen LogP contribution in [0.2, 0.25) is 0 Å². The summed E-state index contributed by atoms with van der Waals surface area (Å²) in [6, 6.07) is 11.8. The number of nitro groups is 1. The summed E-state index contributed by atoms with van der Waals surface area (Å²) in [5.41, 5.74) is 1.17. The van der Waals surface area contributed by atoms with Crippen LogP contribution in [0.1, 0.15) is 5.89 Å². The standard InChI is InChI=1S/C15H11FN4O3/c16-11-6-4-10(5-7-11)15-19-18-14(23-15)9-17-12-2-1-3-13(8-12)20(21)22/h1-8,17H,9H2. The molecule has 0 amide bonds. The number of nitrogens with one attached hydrogen (secondary N) is 1. The largest absolute Gasteiger partial charge is 0.419 e. The molecule has 23 heavy (non-hydrogen) atoms. The van der Waals surface area contributed by atoms with Crippen molar-refractivity contribution in [3.63, 3.8) is 0 Å². The average Bonchev–Trinajstić information content (AvgIpc) is 3.03. The van der Waals surface area contributed by atoms with Crippen molar-refractivity contribution in [2.45, 2.75) is 6.54 Å². The van der Waals surface area contributed by atoms with Crippen molar-refractivity contribution in [3.05, 3.63) is 70.4 Å². The van der Waals surface area contributed by atoms with Crippen LogP contribution in [0.15, 0.2) is 52.9 Å². The van der Waals surface area contributed by atoms with Crippen LogP contribution in [0.5, 0.6) is 0 Å². The van der Waals surface area contributed by atoms with Gasteiger partial charge in [0.15, 0.2) is 0 Å². The minimum Gasteiger partial charge on any atom is -0.419 e. The third-order valence-electron chi connectivity index (χ3n) is 3.06. The number of nitro benzene ring substituents is 1. The summed E-state index contributed by atoms with van der Waals surface area (Å²) < 4.78 is 18.3. The summed E-state index contributed by atoms with van der Waals surface area (Å²) in [5.74, 6) is 0.248. The van der Waals surface area contributed by atoms with Crippen molar-refractivity contribution in [1.29, 1.82) is 0 Å². The molecule has 0 radical (unpaired) electrons. The van der Waals surface area contributed by atoms with E-state index in [9.17, 15) is 14.5 Å². The molecule has 0 saturated heterocycles. The molecule has 3 aromatic rings. The molecule has 0 bridgehead atoms. The lowest BCUT2D eigenvalue weighted by atomic mass is 10.2. The highest BCUT2D eigenvalue weighted by atomic mass is 19.1. The van der Waals surface area contributed by atoms with Gasteiger partial charge in [0, 0.05) is 23.4 Å². The number of aromatic nitrogens is 2. The zero-order chi connectivity index (χ0) is 16.2. The molecule has 1 aromatic heterocycles. The van der Waals surface area contributed by atoms with Gasteiger partial charge in [-0.25, -0.2) is 4.39 Å². The van der Waals surface area contributed by atoms with Gasteiger partial charge < -0.3 is 9.73 Å². The highest BCUT2D eigenvalue weighted by Gasteiger charge is 2.10. The molecule has 3 rings (SSSR count). The Balaban J connectivity index is 1.69. The van der Waals surface area contributed by atoms with E-state index < -0.39 is 4.92 Å². The molecule has 0 spiro atoms. The van der Waals surface area contributed by atoms with E-state index in [0.717, 1.165) is 0 Å². The van der Waals surface area contributed by atoms with E-state index in [1.807, 2.05) is 0 Å². The summed E-state index contributed by atoms with van der Waals surface area (Å²) in [6.45, 7) is 0.218. The van der Waals surface area contributed by atoms with E-state index in [1.165, 1.54) is 24.3 Å². The summed E-state index contributed by atoms with van der Waals surface area (Å²) in [6.07, 6.45) is 0. The minimum atomic E-state index is -0.468. The van der Waals surface area contributed by atoms with Crippen LogP contribution >= 0.6 is 0 Å². The van der Waals surface area contributed by atoms with Gasteiger partial charge in [-0.1, -0.05) is 6.07 Å². The van der Waals surface area contributed by atoms with Crippen molar-refractivity contribution in [3.8, 4) is 11.5 Å². The number of hydrogen-bond acceptors (Lipinski definition) is 6. The Morgan fingerprint density at radius 3 is 2.70 bits per heavy atom. The highest BCUT2D eigenvalue weighted by molar-refractivity contribution is 5.52. The third-order valence-corrected chi connectivity index (χ3v) is 3.06. The third kappa shape index (κ3) is 3.49. The quantitative estimate of drug-likeness (QED) is 0.573. The van der Waals surface area contributed by atoms with Crippen LogP contribution in [0.4, 0.5) is 15.8 Å². The smallest absolute Gasteiger partial charge is 0.271 e. The fourth-order valence-electron chi connectivity index (χ4n) is 1.94. The van der Waals surface area contributed by atoms with Gasteiger partial charge in [-0.15, -0.1) is 10.2 Å². The second-order valence-electron chi connectivity index (χ2n) is 4.67. The second-order valence-corrected chi connectivity index (χ2v) is 4.67. The number of halogens is 1. The topological polar surface area (TPSA) is 94.1 Å². The van der Waals surface area contributed by atoms with Gasteiger partial charge in [-0.2, -0.15) is 0 Å². The average molecular weight is 314 g/mol. The highest BCUT2D eigenvalue weighted by Crippen LogP contribution is 2.20. The normalized spacial score (nSPS) is 10.5. The number of benzene rings is 2. The molecular formula is C15H11FN4O3. The first-order chi connectivity index (χ1) is 11.1. The summed E-state index contributed by atoms with van der Waals surface area (Å²) in [7, 11) is 0. The van der Waals surface area contributed by atoms with Crippen molar-refractivity contribution < 1.29 is 13.7 Å². The fourth-order valence-corrected chi connectivity index (χ4v) is 1.94. The number of nitrogens with zero attached hydrogens (tertiary/aromatic N) is 3. The number of anilines is 1. The molecule has 7 nitrogen and oxygen atoms in total. The number of non-ortho nitro benzene ring substituents is 1. The molecule has 0 saturated carbocycles. The van der Waals surface area contributed by atoms with Crippen molar-refractivity contribution in [1.82, 2.24) is 10.2 Å². The second kappa shape index (κ2) is 6.22. The van der Waals surface area contributed by atoms with Gasteiger partial charge in [0.2, 0.25) is 11.8 Å². The van der Waals surface area contributed by atoms with Gasteiger partial charge in [0.25, 0.3) is 5.69 Å². The van der Waals surface area contributed by atoms with Crippen LogP contribution in [-0.4, -0.2) is 15.1 Å². The van der Waals surface area contributed by atoms with E-state index in [-0.39, 0.29) is 23.9 Å². The Morgan fingerprint density at radius 1 is 1.17 bits per heavy atom. The van der Waals surface area contributed by atoms with E-state index in [2.05, 4.69) is 15.5 Å². The Morgan fingerprint density at radius 2 is 1.96 bits per heavy atom. The summed E-state index contributed by atoms with van der Waals surface area (Å²) >= 11 is 0. The lowest BCUT2D eigenvalue weighted by molar-refractivity contribution is -0.384. The van der Waals surface area contributed by atoms with Crippen molar-refractivity contribution >= 4 is 11.4 Å². The Bertz CT molecular complexity index is 833. The first kappa shape index (κ1) is 14.6. The van der Waals surface area contributed by atoms with E-state index >= 15 is 0 Å². The maximum absolute atomic E-state index is 12.9. The number of hydrogen-bond donors (Lipinski definition) is 1. The zero-order valence-corrected chi connectivity index (χ0v) is 11.8. The van der Waals surface area contributed by atoms with Crippen LogP contribution in [0, 0.1) is 15.9 Å². The first-order valence-electron chi connectivity index (χ1n) is 6.68. The molecule has 8 heteroatoms. The number of rotatable bonds is 5. The molecular weight excluding hydrogens is 303 g/mol. The monoisotopic (exact) mass is 314 g/mol. The molecule has 2 aromatic carbocycles. The Labute approximate surface area is 129 Å². The van der Waals surface area contributed by atoms with Crippen LogP contribution in [-0.2, 0) is 6.54 Å². The molecule has 0 unspecified atom stereocenters. The maximum atomic E-state index is 12.9. The predicted molar refractivity (Wildman–Crippen MR) is 80.1 cm³/mol.